The van der Waals surface area contributed by atoms with E-state index in [1.807, 2.05) is 0 Å². The number of nitrogens with zero attached hydrogens (tertiary/aromatic N) is 1. The molecule has 9 heteroatoms. The quantitative estimate of drug-likeness (QED) is 0.646. The highest BCUT2D eigenvalue weighted by molar-refractivity contribution is 7.99. The molecule has 0 unspecified atom stereocenters. The van der Waals surface area contributed by atoms with Gasteiger partial charge in [0.05, 0.1) is 29.5 Å². The number of halogens is 3. The Bertz CT molecular complexity index is 940. The lowest BCUT2D eigenvalue weighted by Crippen LogP contribution is -2.15. The predicted octanol–water partition coefficient (Wildman–Crippen LogP) is 4.32. The van der Waals surface area contributed by atoms with Gasteiger partial charge in [0.2, 0.25) is 5.91 Å². The summed E-state index contributed by atoms with van der Waals surface area (Å²) in [7, 11) is 1.56. The molecule has 0 fully saturated rings. The molecule has 5 nitrogen and oxygen atoms in total. The van der Waals surface area contributed by atoms with Crippen LogP contribution in [-0.2, 0) is 11.0 Å². The van der Waals surface area contributed by atoms with Crippen molar-refractivity contribution in [1.82, 2.24) is 9.97 Å². The Morgan fingerprint density at radius 2 is 2.08 bits per heavy atom. The Hall–Kier alpha value is -2.68. The van der Waals surface area contributed by atoms with E-state index < -0.39 is 17.6 Å². The third-order valence-electron chi connectivity index (χ3n) is 3.48. The van der Waals surface area contributed by atoms with Crippen LogP contribution < -0.4 is 10.1 Å². The fraction of sp³-hybridized carbons (Fsp3) is 0.176. The van der Waals surface area contributed by atoms with Crippen molar-refractivity contribution in [2.75, 3.05) is 18.2 Å². The number of methoxy groups -OCH3 is 1. The summed E-state index contributed by atoms with van der Waals surface area (Å²) >= 11 is 1.15. The number of imidazole rings is 1. The van der Waals surface area contributed by atoms with Crippen LogP contribution in [-0.4, -0.2) is 28.7 Å². The van der Waals surface area contributed by atoms with E-state index in [4.69, 9.17) is 4.74 Å². The van der Waals surface area contributed by atoms with Crippen LogP contribution in [0.25, 0.3) is 11.0 Å². The summed E-state index contributed by atoms with van der Waals surface area (Å²) in [6.07, 6.45) is -4.45. The van der Waals surface area contributed by atoms with Gasteiger partial charge in [0.1, 0.15) is 5.75 Å². The van der Waals surface area contributed by atoms with Crippen LogP contribution in [0.2, 0.25) is 0 Å². The molecule has 0 spiro atoms. The molecule has 1 aromatic heterocycles. The molecule has 26 heavy (non-hydrogen) atoms. The number of anilines is 1. The summed E-state index contributed by atoms with van der Waals surface area (Å²) in [6, 6.07) is 9.86. The van der Waals surface area contributed by atoms with Gasteiger partial charge < -0.3 is 15.0 Å². The lowest BCUT2D eigenvalue weighted by molar-refractivity contribution is -0.137. The number of H-pyrrole nitrogens is 1. The number of carbonyl (C=O) groups is 1. The Morgan fingerprint density at radius 1 is 1.27 bits per heavy atom. The van der Waals surface area contributed by atoms with Gasteiger partial charge in [-0.25, -0.2) is 4.98 Å². The molecule has 0 saturated carbocycles. The highest BCUT2D eigenvalue weighted by Gasteiger charge is 2.30. The Morgan fingerprint density at radius 3 is 2.81 bits per heavy atom. The molecule has 2 N–H and O–H groups in total. The minimum Gasteiger partial charge on any atom is -0.497 e. The average molecular weight is 381 g/mol. The zero-order chi connectivity index (χ0) is 18.7. The first kappa shape index (κ1) is 18.1. The van der Waals surface area contributed by atoms with E-state index in [-0.39, 0.29) is 11.4 Å². The molecular formula is C17H14F3N3O2S. The lowest BCUT2D eigenvalue weighted by atomic mass is 10.2. The van der Waals surface area contributed by atoms with Crippen molar-refractivity contribution in [3.8, 4) is 5.75 Å². The van der Waals surface area contributed by atoms with Crippen molar-refractivity contribution < 1.29 is 22.7 Å². The molecule has 0 saturated heterocycles. The molecule has 0 bridgehead atoms. The maximum absolute atomic E-state index is 12.7. The molecule has 3 aromatic rings. The smallest absolute Gasteiger partial charge is 0.416 e. The third-order valence-corrected chi connectivity index (χ3v) is 4.35. The monoisotopic (exact) mass is 381 g/mol. The van der Waals surface area contributed by atoms with Gasteiger partial charge in [0, 0.05) is 11.8 Å². The molecule has 0 atom stereocenters. The van der Waals surface area contributed by atoms with Crippen molar-refractivity contribution in [3.63, 3.8) is 0 Å². The molecule has 1 heterocycles. The molecule has 3 rings (SSSR count). The second kappa shape index (κ2) is 7.28. The van der Waals surface area contributed by atoms with Gasteiger partial charge in [-0.15, -0.1) is 0 Å². The molecular weight excluding hydrogens is 367 g/mol. The van der Waals surface area contributed by atoms with Crippen LogP contribution in [0.5, 0.6) is 5.75 Å². The standard InChI is InChI=1S/C17H14F3N3O2S/c1-25-12-5-6-13-14(8-12)23-16(22-13)26-9-15(24)21-11-4-2-3-10(7-11)17(18,19)20/h2-8H,9H2,1H3,(H,21,24)(H,22,23). The summed E-state index contributed by atoms with van der Waals surface area (Å²) < 4.78 is 43.2. The number of fused-ring (bicyclic) bond motifs is 1. The van der Waals surface area contributed by atoms with Gasteiger partial charge >= 0.3 is 6.18 Å². The van der Waals surface area contributed by atoms with Gasteiger partial charge in [-0.1, -0.05) is 17.8 Å². The van der Waals surface area contributed by atoms with E-state index in [9.17, 15) is 18.0 Å². The highest BCUT2D eigenvalue weighted by atomic mass is 32.2. The van der Waals surface area contributed by atoms with E-state index in [0.29, 0.717) is 10.9 Å². The number of rotatable bonds is 5. The first-order valence-corrected chi connectivity index (χ1v) is 8.47. The number of hydrogen-bond donors (Lipinski definition) is 2. The van der Waals surface area contributed by atoms with Crippen molar-refractivity contribution >= 4 is 34.4 Å². The van der Waals surface area contributed by atoms with Crippen molar-refractivity contribution in [3.05, 3.63) is 48.0 Å². The van der Waals surface area contributed by atoms with E-state index in [0.717, 1.165) is 34.9 Å². The summed E-state index contributed by atoms with van der Waals surface area (Å²) in [5.41, 5.74) is 0.783. The summed E-state index contributed by atoms with van der Waals surface area (Å²) in [6.45, 7) is 0. The average Bonchev–Trinajstić information content (AvgIpc) is 3.01. The maximum Gasteiger partial charge on any atom is 0.416 e. The van der Waals surface area contributed by atoms with Crippen molar-refractivity contribution in [2.24, 2.45) is 0 Å². The molecule has 0 aliphatic rings. The van der Waals surface area contributed by atoms with Gasteiger partial charge in [0.15, 0.2) is 5.16 Å². The largest absolute Gasteiger partial charge is 0.497 e. The Labute approximate surface area is 151 Å². The first-order valence-electron chi connectivity index (χ1n) is 7.49. The van der Waals surface area contributed by atoms with Crippen LogP contribution in [0.1, 0.15) is 5.56 Å². The van der Waals surface area contributed by atoms with Crippen LogP contribution in [0.15, 0.2) is 47.6 Å². The fourth-order valence-corrected chi connectivity index (χ4v) is 2.95. The Balaban J connectivity index is 1.62. The van der Waals surface area contributed by atoms with E-state index >= 15 is 0 Å². The number of ether oxygens (including phenoxy) is 1. The molecule has 0 radical (unpaired) electrons. The number of aromatic amines is 1. The Kier molecular flexibility index (Phi) is 5.08. The highest BCUT2D eigenvalue weighted by Crippen LogP contribution is 2.30. The minimum absolute atomic E-state index is 0.00715. The van der Waals surface area contributed by atoms with Gasteiger partial charge in [-0.3, -0.25) is 4.79 Å². The minimum atomic E-state index is -4.45. The maximum atomic E-state index is 12.7. The SMILES string of the molecule is COc1ccc2nc(SCC(=O)Nc3cccc(C(F)(F)F)c3)[nH]c2c1. The van der Waals surface area contributed by atoms with Gasteiger partial charge in [0.25, 0.3) is 0 Å². The third kappa shape index (κ3) is 4.29. The number of hydrogen-bond acceptors (Lipinski definition) is 4. The lowest BCUT2D eigenvalue weighted by Gasteiger charge is -2.09. The number of aromatic nitrogens is 2. The summed E-state index contributed by atoms with van der Waals surface area (Å²) in [4.78, 5) is 19.4. The number of amides is 1. The van der Waals surface area contributed by atoms with Crippen molar-refractivity contribution in [2.45, 2.75) is 11.3 Å². The second-order valence-corrected chi connectivity index (χ2v) is 6.30. The number of nitrogens with one attached hydrogen (secondary N) is 2. The molecule has 2 aromatic carbocycles. The summed E-state index contributed by atoms with van der Waals surface area (Å²) in [5, 5.41) is 2.99. The molecule has 0 aliphatic carbocycles. The normalized spacial score (nSPS) is 11.5. The van der Waals surface area contributed by atoms with Gasteiger partial charge in [-0.05, 0) is 30.3 Å². The molecule has 136 valence electrons. The fourth-order valence-electron chi connectivity index (χ4n) is 2.26. The number of benzene rings is 2. The number of alkyl halides is 3. The molecule has 1 amide bonds. The van der Waals surface area contributed by atoms with Crippen LogP contribution in [0.4, 0.5) is 18.9 Å². The van der Waals surface area contributed by atoms with Crippen LogP contribution >= 0.6 is 11.8 Å². The predicted molar refractivity (Wildman–Crippen MR) is 93.4 cm³/mol. The van der Waals surface area contributed by atoms with E-state index in [1.165, 1.54) is 12.1 Å². The number of thioether (sulfide) groups is 1. The van der Waals surface area contributed by atoms with Crippen LogP contribution in [0, 0.1) is 0 Å². The number of carbonyl (C=O) groups excluding carboxylic acids is 1. The second-order valence-electron chi connectivity index (χ2n) is 5.34. The van der Waals surface area contributed by atoms with Gasteiger partial charge in [-0.2, -0.15) is 13.2 Å². The van der Waals surface area contributed by atoms with Crippen molar-refractivity contribution in [1.29, 1.82) is 0 Å². The van der Waals surface area contributed by atoms with Crippen LogP contribution in [0.3, 0.4) is 0 Å². The topological polar surface area (TPSA) is 67.0 Å². The zero-order valence-electron chi connectivity index (χ0n) is 13.6. The zero-order valence-corrected chi connectivity index (χ0v) is 14.4. The summed E-state index contributed by atoms with van der Waals surface area (Å²) in [5.74, 6) is 0.264. The van der Waals surface area contributed by atoms with E-state index in [1.54, 1.807) is 25.3 Å². The first-order chi connectivity index (χ1) is 12.3. The van der Waals surface area contributed by atoms with E-state index in [2.05, 4.69) is 15.3 Å². The molecule has 0 aliphatic heterocycles.